The van der Waals surface area contributed by atoms with Crippen LogP contribution in [0.25, 0.3) is 0 Å². The lowest BCUT2D eigenvalue weighted by atomic mass is 9.90. The van der Waals surface area contributed by atoms with Crippen LogP contribution in [0.1, 0.15) is 30.2 Å². The Labute approximate surface area is 107 Å². The second-order valence-corrected chi connectivity index (χ2v) is 4.75. The fourth-order valence-electron chi connectivity index (χ4n) is 2.58. The van der Waals surface area contributed by atoms with Crippen molar-refractivity contribution in [2.24, 2.45) is 0 Å². The SMILES string of the molecule is COc1cc2c(c(O)c1OC)[C@@H](C)[NH+](C)C[C@@H]2O. The first kappa shape index (κ1) is 13.0. The van der Waals surface area contributed by atoms with E-state index in [9.17, 15) is 10.2 Å². The smallest absolute Gasteiger partial charge is 0.203 e. The first-order chi connectivity index (χ1) is 8.51. The van der Waals surface area contributed by atoms with E-state index in [0.29, 0.717) is 18.0 Å². The molecule has 1 aliphatic heterocycles. The Balaban J connectivity index is 2.67. The van der Waals surface area contributed by atoms with Crippen LogP contribution in [0.3, 0.4) is 0 Å². The Hall–Kier alpha value is -1.46. The van der Waals surface area contributed by atoms with Gasteiger partial charge in [-0.15, -0.1) is 0 Å². The van der Waals surface area contributed by atoms with Crippen LogP contribution in [-0.2, 0) is 0 Å². The Kier molecular flexibility index (Phi) is 3.36. The van der Waals surface area contributed by atoms with Crippen molar-refractivity contribution >= 4 is 0 Å². The highest BCUT2D eigenvalue weighted by Crippen LogP contribution is 2.45. The summed E-state index contributed by atoms with van der Waals surface area (Å²) < 4.78 is 10.4. The molecule has 0 aromatic heterocycles. The summed E-state index contributed by atoms with van der Waals surface area (Å²) in [5.41, 5.74) is 1.46. The molecular formula is C13H20NO4+. The van der Waals surface area contributed by atoms with Gasteiger partial charge in [-0.25, -0.2) is 0 Å². The zero-order chi connectivity index (χ0) is 13.4. The minimum absolute atomic E-state index is 0.0671. The summed E-state index contributed by atoms with van der Waals surface area (Å²) >= 11 is 0. The van der Waals surface area contributed by atoms with Crippen LogP contribution < -0.4 is 14.4 Å². The van der Waals surface area contributed by atoms with E-state index in [-0.39, 0.29) is 11.8 Å². The van der Waals surface area contributed by atoms with E-state index in [4.69, 9.17) is 9.47 Å². The molecule has 0 spiro atoms. The number of hydrogen-bond donors (Lipinski definition) is 3. The minimum atomic E-state index is -0.595. The lowest BCUT2D eigenvalue weighted by Crippen LogP contribution is -3.10. The number of likely N-dealkylation sites (N-methyl/N-ethyl adjacent to an activating group) is 1. The molecule has 1 heterocycles. The molecule has 0 bridgehead atoms. The van der Waals surface area contributed by atoms with Crippen molar-refractivity contribution in [1.82, 2.24) is 0 Å². The molecule has 1 aromatic rings. The molecule has 0 saturated heterocycles. The van der Waals surface area contributed by atoms with E-state index in [2.05, 4.69) is 0 Å². The number of nitrogens with one attached hydrogen (secondary N) is 1. The zero-order valence-electron chi connectivity index (χ0n) is 11.2. The Morgan fingerprint density at radius 2 is 2.00 bits per heavy atom. The number of aliphatic hydroxyl groups excluding tert-OH is 1. The molecule has 1 aliphatic rings. The number of aliphatic hydroxyl groups is 1. The molecule has 1 unspecified atom stereocenters. The maximum Gasteiger partial charge on any atom is 0.203 e. The highest BCUT2D eigenvalue weighted by atomic mass is 16.5. The average molecular weight is 254 g/mol. The summed E-state index contributed by atoms with van der Waals surface area (Å²) in [7, 11) is 5.00. The summed E-state index contributed by atoms with van der Waals surface area (Å²) in [5, 5.41) is 20.5. The van der Waals surface area contributed by atoms with E-state index in [1.54, 1.807) is 6.07 Å². The number of phenolic OH excluding ortho intramolecular Hbond substituents is 1. The summed E-state index contributed by atoms with van der Waals surface area (Å²) in [6.07, 6.45) is -0.595. The van der Waals surface area contributed by atoms with Crippen LogP contribution in [0.4, 0.5) is 0 Å². The predicted octanol–water partition coefficient (Wildman–Crippen LogP) is 0.0321. The maximum absolute atomic E-state index is 10.3. The van der Waals surface area contributed by atoms with Gasteiger partial charge in [-0.05, 0) is 13.0 Å². The third-order valence-electron chi connectivity index (χ3n) is 3.76. The Morgan fingerprint density at radius 1 is 1.33 bits per heavy atom. The van der Waals surface area contributed by atoms with Gasteiger partial charge in [0, 0.05) is 5.56 Å². The van der Waals surface area contributed by atoms with Gasteiger partial charge < -0.3 is 24.6 Å². The molecule has 0 saturated carbocycles. The largest absolute Gasteiger partial charge is 0.504 e. The molecule has 1 aromatic carbocycles. The number of methoxy groups -OCH3 is 2. The predicted molar refractivity (Wildman–Crippen MR) is 66.3 cm³/mol. The monoisotopic (exact) mass is 254 g/mol. The third kappa shape index (κ3) is 1.79. The van der Waals surface area contributed by atoms with Gasteiger partial charge in [0.25, 0.3) is 0 Å². The van der Waals surface area contributed by atoms with Gasteiger partial charge in [0.15, 0.2) is 11.5 Å². The van der Waals surface area contributed by atoms with E-state index < -0.39 is 6.10 Å². The van der Waals surface area contributed by atoms with Crippen molar-refractivity contribution in [2.45, 2.75) is 19.1 Å². The second kappa shape index (κ2) is 4.66. The molecule has 5 heteroatoms. The second-order valence-electron chi connectivity index (χ2n) is 4.75. The standard InChI is InChI=1S/C13H19NO4/c1-7-11-8(9(15)6-14(7)2)5-10(17-3)13(18-4)12(11)16/h5,7,9,15-16H,6H2,1-4H3/p+1/t7-,9+/m1/s1. The van der Waals surface area contributed by atoms with E-state index in [1.165, 1.54) is 14.2 Å². The molecular weight excluding hydrogens is 234 g/mol. The normalized spacial score (nSPS) is 26.6. The highest BCUT2D eigenvalue weighted by molar-refractivity contribution is 5.59. The van der Waals surface area contributed by atoms with Crippen molar-refractivity contribution < 1.29 is 24.6 Å². The number of aromatic hydroxyl groups is 1. The summed E-state index contributed by atoms with van der Waals surface area (Å²) in [6, 6.07) is 1.85. The molecule has 5 nitrogen and oxygen atoms in total. The van der Waals surface area contributed by atoms with Crippen LogP contribution in [0.15, 0.2) is 6.07 Å². The molecule has 0 amide bonds. The number of quaternary nitrogens is 1. The fourth-order valence-corrected chi connectivity index (χ4v) is 2.58. The van der Waals surface area contributed by atoms with Crippen LogP contribution in [-0.4, -0.2) is 38.0 Å². The van der Waals surface area contributed by atoms with Gasteiger partial charge in [0.05, 0.1) is 26.8 Å². The molecule has 3 N–H and O–H groups in total. The Morgan fingerprint density at radius 3 is 2.56 bits per heavy atom. The van der Waals surface area contributed by atoms with Crippen molar-refractivity contribution in [3.05, 3.63) is 17.2 Å². The van der Waals surface area contributed by atoms with E-state index in [0.717, 1.165) is 16.0 Å². The van der Waals surface area contributed by atoms with Gasteiger partial charge >= 0.3 is 0 Å². The summed E-state index contributed by atoms with van der Waals surface area (Å²) in [6.45, 7) is 2.63. The van der Waals surface area contributed by atoms with Gasteiger partial charge in [0.2, 0.25) is 5.75 Å². The minimum Gasteiger partial charge on any atom is -0.504 e. The van der Waals surface area contributed by atoms with Crippen molar-refractivity contribution in [2.75, 3.05) is 27.8 Å². The molecule has 0 aliphatic carbocycles. The molecule has 2 rings (SSSR count). The first-order valence-corrected chi connectivity index (χ1v) is 5.99. The highest BCUT2D eigenvalue weighted by Gasteiger charge is 2.35. The molecule has 0 fully saturated rings. The number of ether oxygens (including phenoxy) is 2. The van der Waals surface area contributed by atoms with Crippen LogP contribution in [0.2, 0.25) is 0 Å². The van der Waals surface area contributed by atoms with Gasteiger partial charge in [0.1, 0.15) is 18.7 Å². The molecule has 18 heavy (non-hydrogen) atoms. The van der Waals surface area contributed by atoms with Crippen molar-refractivity contribution in [1.29, 1.82) is 0 Å². The molecule has 0 radical (unpaired) electrons. The topological polar surface area (TPSA) is 63.4 Å². The van der Waals surface area contributed by atoms with Crippen molar-refractivity contribution in [3.63, 3.8) is 0 Å². The van der Waals surface area contributed by atoms with Crippen LogP contribution >= 0.6 is 0 Å². The number of hydrogen-bond acceptors (Lipinski definition) is 4. The van der Waals surface area contributed by atoms with Gasteiger partial charge in [-0.2, -0.15) is 0 Å². The number of fused-ring (bicyclic) bond motifs is 1. The third-order valence-corrected chi connectivity index (χ3v) is 3.76. The number of benzene rings is 1. The molecule has 100 valence electrons. The lowest BCUT2D eigenvalue weighted by molar-refractivity contribution is -0.916. The Bertz CT molecular complexity index is 461. The van der Waals surface area contributed by atoms with Gasteiger partial charge in [-0.1, -0.05) is 0 Å². The van der Waals surface area contributed by atoms with E-state index >= 15 is 0 Å². The summed E-state index contributed by atoms with van der Waals surface area (Å²) in [5.74, 6) is 0.835. The molecule has 3 atom stereocenters. The lowest BCUT2D eigenvalue weighted by Gasteiger charge is -2.33. The van der Waals surface area contributed by atoms with Crippen LogP contribution in [0.5, 0.6) is 17.2 Å². The van der Waals surface area contributed by atoms with Crippen molar-refractivity contribution in [3.8, 4) is 17.2 Å². The fraction of sp³-hybridized carbons (Fsp3) is 0.538. The first-order valence-electron chi connectivity index (χ1n) is 5.99. The van der Waals surface area contributed by atoms with Gasteiger partial charge in [-0.3, -0.25) is 0 Å². The van der Waals surface area contributed by atoms with Crippen LogP contribution in [0, 0.1) is 0 Å². The number of phenols is 1. The zero-order valence-corrected chi connectivity index (χ0v) is 11.2. The van der Waals surface area contributed by atoms with E-state index in [1.807, 2.05) is 14.0 Å². The maximum atomic E-state index is 10.3. The quantitative estimate of drug-likeness (QED) is 0.697. The summed E-state index contributed by atoms with van der Waals surface area (Å²) in [4.78, 5) is 1.15. The number of rotatable bonds is 2. The average Bonchev–Trinajstić information content (AvgIpc) is 2.35.